The number of hydrogen-bond acceptors (Lipinski definition) is 6. The highest BCUT2D eigenvalue weighted by molar-refractivity contribution is 5.08. The highest BCUT2D eigenvalue weighted by atomic mass is 16.6. The molecule has 1 aliphatic carbocycles. The molecule has 5 heterocycles. The smallest absolute Gasteiger partial charge is 0.0946 e. The van der Waals surface area contributed by atoms with Gasteiger partial charge >= 0.3 is 0 Å². The van der Waals surface area contributed by atoms with Gasteiger partial charge in [0.05, 0.1) is 64.6 Å². The lowest BCUT2D eigenvalue weighted by Gasteiger charge is -2.39. The summed E-state index contributed by atoms with van der Waals surface area (Å²) in [7, 11) is 0. The SMILES string of the molecule is CC1(C)OC1CCC1(C)OC1CCC1(O)CCCC(C2(CCC3OC3(C)CCC3OC3(C)C)CO2)C1. The lowest BCUT2D eigenvalue weighted by atomic mass is 9.69. The molecule has 206 valence electrons. The van der Waals surface area contributed by atoms with Crippen molar-refractivity contribution < 1.29 is 28.8 Å². The van der Waals surface area contributed by atoms with Crippen molar-refractivity contribution >= 4 is 0 Å². The van der Waals surface area contributed by atoms with Gasteiger partial charge in [-0.1, -0.05) is 6.42 Å². The van der Waals surface area contributed by atoms with Crippen LogP contribution >= 0.6 is 0 Å². The largest absolute Gasteiger partial charge is 0.390 e. The first-order valence-electron chi connectivity index (χ1n) is 14.8. The van der Waals surface area contributed by atoms with Gasteiger partial charge in [-0.05, 0) is 118 Å². The summed E-state index contributed by atoms with van der Waals surface area (Å²) >= 11 is 0. The van der Waals surface area contributed by atoms with E-state index in [-0.39, 0.29) is 34.1 Å². The molecule has 1 saturated carbocycles. The Balaban J connectivity index is 0.929. The van der Waals surface area contributed by atoms with E-state index in [0.717, 1.165) is 77.2 Å². The monoisotopic (exact) mass is 506 g/mol. The van der Waals surface area contributed by atoms with Gasteiger partial charge in [-0.2, -0.15) is 0 Å². The number of hydrogen-bond donors (Lipinski definition) is 1. The maximum absolute atomic E-state index is 11.6. The summed E-state index contributed by atoms with van der Waals surface area (Å²) < 4.78 is 29.9. The molecule has 5 aliphatic heterocycles. The summed E-state index contributed by atoms with van der Waals surface area (Å²) in [6.45, 7) is 14.0. The molecule has 6 nitrogen and oxygen atoms in total. The van der Waals surface area contributed by atoms with Gasteiger partial charge in [0.1, 0.15) is 0 Å². The number of rotatable bonds is 13. The van der Waals surface area contributed by atoms with Crippen LogP contribution in [0.3, 0.4) is 0 Å². The Kier molecular flexibility index (Phi) is 6.05. The van der Waals surface area contributed by atoms with Gasteiger partial charge in [0.15, 0.2) is 0 Å². The lowest BCUT2D eigenvalue weighted by molar-refractivity contribution is -0.0422. The van der Waals surface area contributed by atoms with Crippen molar-refractivity contribution in [2.24, 2.45) is 5.92 Å². The van der Waals surface area contributed by atoms with E-state index in [9.17, 15) is 5.11 Å². The first-order chi connectivity index (χ1) is 16.8. The van der Waals surface area contributed by atoms with Crippen molar-refractivity contribution in [1.29, 1.82) is 0 Å². The average Bonchev–Trinajstić information content (AvgIpc) is 3.60. The summed E-state index contributed by atoms with van der Waals surface area (Å²) in [6.07, 6.45) is 13.7. The van der Waals surface area contributed by atoms with E-state index in [2.05, 4.69) is 41.5 Å². The summed E-state index contributed by atoms with van der Waals surface area (Å²) in [4.78, 5) is 0. The van der Waals surface area contributed by atoms with Crippen molar-refractivity contribution in [1.82, 2.24) is 0 Å². The molecule has 0 aromatic carbocycles. The highest BCUT2D eigenvalue weighted by Gasteiger charge is 2.59. The number of ether oxygens (including phenoxy) is 5. The molecular weight excluding hydrogens is 456 g/mol. The van der Waals surface area contributed by atoms with E-state index in [4.69, 9.17) is 23.7 Å². The molecule has 0 aromatic heterocycles. The first-order valence-corrected chi connectivity index (χ1v) is 14.8. The molecule has 9 atom stereocenters. The minimum atomic E-state index is -0.571. The molecule has 0 bridgehead atoms. The van der Waals surface area contributed by atoms with E-state index in [1.54, 1.807) is 0 Å². The van der Waals surface area contributed by atoms with Crippen LogP contribution in [0.4, 0.5) is 0 Å². The molecule has 5 saturated heterocycles. The Morgan fingerprint density at radius 1 is 0.667 bits per heavy atom. The first kappa shape index (κ1) is 26.0. The van der Waals surface area contributed by atoms with Gasteiger partial charge in [-0.15, -0.1) is 0 Å². The van der Waals surface area contributed by atoms with E-state index < -0.39 is 5.60 Å². The molecule has 6 heteroatoms. The second-order valence-electron chi connectivity index (χ2n) is 14.8. The second kappa shape index (κ2) is 8.38. The van der Waals surface area contributed by atoms with E-state index in [1.165, 1.54) is 6.42 Å². The van der Waals surface area contributed by atoms with Gasteiger partial charge in [0, 0.05) is 0 Å². The Morgan fingerprint density at radius 2 is 1.14 bits per heavy atom. The fourth-order valence-electron chi connectivity index (χ4n) is 7.53. The minimum Gasteiger partial charge on any atom is -0.390 e. The Bertz CT molecular complexity index is 804. The molecule has 0 radical (unpaired) electrons. The third-order valence-electron chi connectivity index (χ3n) is 11.0. The van der Waals surface area contributed by atoms with Crippen molar-refractivity contribution in [3.8, 4) is 0 Å². The van der Waals surface area contributed by atoms with Crippen LogP contribution in [-0.2, 0) is 23.7 Å². The van der Waals surface area contributed by atoms with Gasteiger partial charge in [0.2, 0.25) is 0 Å². The molecule has 1 N–H and O–H groups in total. The van der Waals surface area contributed by atoms with Crippen LogP contribution in [0.2, 0.25) is 0 Å². The summed E-state index contributed by atoms with van der Waals surface area (Å²) in [6, 6.07) is 0. The van der Waals surface area contributed by atoms with Crippen LogP contribution in [0.5, 0.6) is 0 Å². The highest BCUT2D eigenvalue weighted by Crippen LogP contribution is 2.54. The molecular formula is C30H50O6. The molecule has 36 heavy (non-hydrogen) atoms. The molecule has 0 amide bonds. The topological polar surface area (TPSA) is 82.9 Å². The second-order valence-corrected chi connectivity index (χ2v) is 14.8. The standard InChI is InChI=1S/C30H50O6/c1-25(2)21(33-25)9-14-27(5)23(35-27)11-16-29(31)13-7-8-20(18-29)30(19-32-30)17-12-24-28(6,36-24)15-10-22-26(3,4)34-22/h20-24,31H,7-19H2,1-6H3. The normalized spacial score (nSPS) is 51.6. The summed E-state index contributed by atoms with van der Waals surface area (Å²) in [5, 5.41) is 11.6. The van der Waals surface area contributed by atoms with Crippen molar-refractivity contribution in [3.63, 3.8) is 0 Å². The van der Waals surface area contributed by atoms with Gasteiger partial charge in [0.25, 0.3) is 0 Å². The Labute approximate surface area is 218 Å². The fourth-order valence-corrected chi connectivity index (χ4v) is 7.53. The van der Waals surface area contributed by atoms with E-state index in [0.29, 0.717) is 24.2 Å². The van der Waals surface area contributed by atoms with Crippen LogP contribution in [-0.4, -0.2) is 69.7 Å². The molecule has 0 aromatic rings. The zero-order valence-electron chi connectivity index (χ0n) is 23.6. The fraction of sp³-hybridized carbons (Fsp3) is 1.00. The zero-order valence-corrected chi connectivity index (χ0v) is 23.6. The number of aliphatic hydroxyl groups is 1. The lowest BCUT2D eigenvalue weighted by Crippen LogP contribution is -2.41. The zero-order chi connectivity index (χ0) is 25.6. The maximum atomic E-state index is 11.6. The average molecular weight is 507 g/mol. The molecule has 6 rings (SSSR count). The maximum Gasteiger partial charge on any atom is 0.0946 e. The van der Waals surface area contributed by atoms with Gasteiger partial charge in [-0.25, -0.2) is 0 Å². The Hall–Kier alpha value is -0.240. The predicted octanol–water partition coefficient (Wildman–Crippen LogP) is 5.47. The Morgan fingerprint density at radius 3 is 1.61 bits per heavy atom. The van der Waals surface area contributed by atoms with Crippen LogP contribution < -0.4 is 0 Å². The van der Waals surface area contributed by atoms with Gasteiger partial charge < -0.3 is 28.8 Å². The molecule has 0 spiro atoms. The quantitative estimate of drug-likeness (QED) is 0.334. The predicted molar refractivity (Wildman–Crippen MR) is 137 cm³/mol. The van der Waals surface area contributed by atoms with Crippen LogP contribution in [0, 0.1) is 5.92 Å². The third kappa shape index (κ3) is 5.29. The number of epoxide rings is 5. The third-order valence-corrected chi connectivity index (χ3v) is 11.0. The van der Waals surface area contributed by atoms with Crippen LogP contribution in [0.15, 0.2) is 0 Å². The summed E-state index contributed by atoms with van der Waals surface area (Å²) in [5.41, 5.74) is -0.476. The van der Waals surface area contributed by atoms with Crippen LogP contribution in [0.1, 0.15) is 119 Å². The molecule has 6 aliphatic rings. The molecule has 9 unspecified atom stereocenters. The van der Waals surface area contributed by atoms with E-state index in [1.807, 2.05) is 0 Å². The van der Waals surface area contributed by atoms with Crippen LogP contribution in [0.25, 0.3) is 0 Å². The minimum absolute atomic E-state index is 0.0176. The van der Waals surface area contributed by atoms with Crippen molar-refractivity contribution in [2.45, 2.75) is 177 Å². The molecule has 6 fully saturated rings. The summed E-state index contributed by atoms with van der Waals surface area (Å²) in [5.74, 6) is 0.461. The van der Waals surface area contributed by atoms with Crippen molar-refractivity contribution in [3.05, 3.63) is 0 Å². The van der Waals surface area contributed by atoms with Crippen molar-refractivity contribution in [2.75, 3.05) is 6.61 Å². The van der Waals surface area contributed by atoms with E-state index >= 15 is 0 Å². The van der Waals surface area contributed by atoms with Gasteiger partial charge in [-0.3, -0.25) is 0 Å².